The molecule has 1 saturated carbocycles. The quantitative estimate of drug-likeness (QED) is 0.694. The third-order valence-electron chi connectivity index (χ3n) is 5.11. The number of rotatable bonds is 8. The van der Waals surface area contributed by atoms with E-state index >= 15 is 0 Å². The third kappa shape index (κ3) is 5.56. The zero-order valence-corrected chi connectivity index (χ0v) is 16.6. The second kappa shape index (κ2) is 9.36. The molecule has 2 aromatic carbocycles. The van der Waals surface area contributed by atoms with E-state index in [9.17, 15) is 9.59 Å². The fourth-order valence-electron chi connectivity index (χ4n) is 2.96. The zero-order valence-electron chi connectivity index (χ0n) is 16.6. The smallest absolute Gasteiger partial charge is 0.251 e. The van der Waals surface area contributed by atoms with E-state index in [-0.39, 0.29) is 17.9 Å². The van der Waals surface area contributed by atoms with Crippen molar-refractivity contribution in [3.8, 4) is 0 Å². The van der Waals surface area contributed by atoms with E-state index in [4.69, 9.17) is 0 Å². The Hall–Kier alpha value is -2.88. The highest BCUT2D eigenvalue weighted by Gasteiger charge is 2.23. The van der Waals surface area contributed by atoms with Gasteiger partial charge in [0.25, 0.3) is 5.91 Å². The van der Waals surface area contributed by atoms with Gasteiger partial charge in [0, 0.05) is 30.3 Å². The summed E-state index contributed by atoms with van der Waals surface area (Å²) in [6, 6.07) is 17.9. The first-order valence-corrected chi connectivity index (χ1v) is 10.0. The van der Waals surface area contributed by atoms with E-state index in [1.54, 1.807) is 18.2 Å². The van der Waals surface area contributed by atoms with Crippen LogP contribution in [0.1, 0.15) is 54.6 Å². The van der Waals surface area contributed by atoms with Crippen molar-refractivity contribution in [3.63, 3.8) is 0 Å². The Kier molecular flexibility index (Phi) is 6.64. The summed E-state index contributed by atoms with van der Waals surface area (Å²) < 4.78 is 0. The average molecular weight is 377 g/mol. The molecule has 4 nitrogen and oxygen atoms in total. The summed E-state index contributed by atoms with van der Waals surface area (Å²) in [6.45, 7) is 4.76. The Balaban J connectivity index is 1.64. The Morgan fingerprint density at radius 3 is 2.39 bits per heavy atom. The largest absolute Gasteiger partial charge is 0.349 e. The molecular formula is C24H28N2O2. The number of amides is 2. The molecule has 1 atom stereocenters. The summed E-state index contributed by atoms with van der Waals surface area (Å²) in [7, 11) is 0. The molecule has 1 aliphatic rings. The lowest BCUT2D eigenvalue weighted by molar-refractivity contribution is -0.128. The predicted octanol–water partition coefficient (Wildman–Crippen LogP) is 4.42. The molecule has 3 rings (SSSR count). The number of carbonyl (C=O) groups is 2. The molecule has 1 N–H and O–H groups in total. The predicted molar refractivity (Wildman–Crippen MR) is 113 cm³/mol. The summed E-state index contributed by atoms with van der Waals surface area (Å²) >= 11 is 0. The molecule has 0 aromatic heterocycles. The minimum absolute atomic E-state index is 0.00578. The molecule has 4 heteroatoms. The number of nitrogens with zero attached hydrogens (tertiary/aromatic N) is 1. The van der Waals surface area contributed by atoms with Crippen molar-refractivity contribution in [2.45, 2.75) is 51.7 Å². The van der Waals surface area contributed by atoms with E-state index in [0.29, 0.717) is 18.2 Å². The third-order valence-corrected chi connectivity index (χ3v) is 5.11. The van der Waals surface area contributed by atoms with Crippen molar-refractivity contribution < 1.29 is 9.59 Å². The van der Waals surface area contributed by atoms with Crippen LogP contribution in [0, 0.1) is 0 Å². The Morgan fingerprint density at radius 2 is 1.79 bits per heavy atom. The van der Waals surface area contributed by atoms with Crippen LogP contribution < -0.4 is 5.32 Å². The van der Waals surface area contributed by atoms with Crippen LogP contribution in [-0.4, -0.2) is 28.8 Å². The molecule has 28 heavy (non-hydrogen) atoms. The number of carbonyl (C=O) groups excluding carboxylic acids is 2. The van der Waals surface area contributed by atoms with Crippen molar-refractivity contribution in [2.24, 2.45) is 0 Å². The van der Waals surface area contributed by atoms with Crippen molar-refractivity contribution >= 4 is 17.9 Å². The van der Waals surface area contributed by atoms with Crippen LogP contribution in [0.3, 0.4) is 0 Å². The lowest BCUT2D eigenvalue weighted by atomic mass is 10.1. The Labute approximate surface area is 167 Å². The van der Waals surface area contributed by atoms with Gasteiger partial charge in [-0.05, 0) is 55.5 Å². The van der Waals surface area contributed by atoms with Crippen LogP contribution in [0.4, 0.5) is 0 Å². The van der Waals surface area contributed by atoms with Crippen LogP contribution in [0.5, 0.6) is 0 Å². The van der Waals surface area contributed by atoms with E-state index in [2.05, 4.69) is 19.2 Å². The fourth-order valence-corrected chi connectivity index (χ4v) is 2.96. The zero-order chi connectivity index (χ0) is 19.9. The SMILES string of the molecule is CCC(C)N(Cc1ccccc1)C(=O)/C=C/c1ccc(C(=O)NC2CC2)cc1. The van der Waals surface area contributed by atoms with Crippen LogP contribution in [-0.2, 0) is 11.3 Å². The summed E-state index contributed by atoms with van der Waals surface area (Å²) in [6.07, 6.45) is 6.48. The lowest BCUT2D eigenvalue weighted by Gasteiger charge is -2.27. The lowest BCUT2D eigenvalue weighted by Crippen LogP contribution is -2.36. The second-order valence-electron chi connectivity index (χ2n) is 7.41. The summed E-state index contributed by atoms with van der Waals surface area (Å²) in [4.78, 5) is 26.7. The van der Waals surface area contributed by atoms with Crippen LogP contribution in [0.2, 0.25) is 0 Å². The highest BCUT2D eigenvalue weighted by Crippen LogP contribution is 2.19. The van der Waals surface area contributed by atoms with Gasteiger partial charge in [0.15, 0.2) is 0 Å². The molecule has 1 aliphatic carbocycles. The first-order valence-electron chi connectivity index (χ1n) is 10.0. The molecule has 0 saturated heterocycles. The van der Waals surface area contributed by atoms with Crippen molar-refractivity contribution in [1.29, 1.82) is 0 Å². The number of benzene rings is 2. The minimum atomic E-state index is -0.0279. The van der Waals surface area contributed by atoms with E-state index in [0.717, 1.165) is 30.4 Å². The van der Waals surface area contributed by atoms with Gasteiger partial charge in [0.1, 0.15) is 0 Å². The Bertz CT molecular complexity index is 823. The van der Waals surface area contributed by atoms with E-state index < -0.39 is 0 Å². The van der Waals surface area contributed by atoms with Crippen molar-refractivity contribution in [2.75, 3.05) is 0 Å². The van der Waals surface area contributed by atoms with Crippen LogP contribution in [0.25, 0.3) is 6.08 Å². The molecule has 0 bridgehead atoms. The van der Waals surface area contributed by atoms with Gasteiger partial charge in [-0.1, -0.05) is 49.4 Å². The standard InChI is InChI=1S/C24H28N2O2/c1-3-18(2)26(17-20-7-5-4-6-8-20)23(27)16-11-19-9-12-21(13-10-19)24(28)25-22-14-15-22/h4-13,16,18,22H,3,14-15,17H2,1-2H3,(H,25,28)/b16-11+. The van der Waals surface area contributed by atoms with Crippen LogP contribution in [0.15, 0.2) is 60.7 Å². The fraction of sp³-hybridized carbons (Fsp3) is 0.333. The molecule has 0 aliphatic heterocycles. The van der Waals surface area contributed by atoms with Gasteiger partial charge < -0.3 is 10.2 Å². The normalized spacial score (nSPS) is 14.6. The van der Waals surface area contributed by atoms with Gasteiger partial charge >= 0.3 is 0 Å². The summed E-state index contributed by atoms with van der Waals surface area (Å²) in [5, 5.41) is 2.98. The molecular weight excluding hydrogens is 348 g/mol. The average Bonchev–Trinajstić information content (AvgIpc) is 3.54. The maximum atomic E-state index is 12.8. The molecule has 146 valence electrons. The monoisotopic (exact) mass is 376 g/mol. The first-order chi connectivity index (χ1) is 13.6. The number of hydrogen-bond donors (Lipinski definition) is 1. The molecule has 2 amide bonds. The van der Waals surface area contributed by atoms with Gasteiger partial charge in [-0.3, -0.25) is 9.59 Å². The van der Waals surface area contributed by atoms with E-state index in [1.807, 2.05) is 53.4 Å². The highest BCUT2D eigenvalue weighted by molar-refractivity contribution is 5.95. The summed E-state index contributed by atoms with van der Waals surface area (Å²) in [5.41, 5.74) is 2.68. The van der Waals surface area contributed by atoms with E-state index in [1.165, 1.54) is 0 Å². The first kappa shape index (κ1) is 19.9. The maximum absolute atomic E-state index is 12.8. The maximum Gasteiger partial charge on any atom is 0.251 e. The van der Waals surface area contributed by atoms with Gasteiger partial charge in [-0.2, -0.15) is 0 Å². The van der Waals surface area contributed by atoms with Crippen LogP contribution >= 0.6 is 0 Å². The number of hydrogen-bond acceptors (Lipinski definition) is 2. The van der Waals surface area contributed by atoms with Gasteiger partial charge in [0.2, 0.25) is 5.91 Å². The van der Waals surface area contributed by atoms with Gasteiger partial charge in [-0.25, -0.2) is 0 Å². The molecule has 1 fully saturated rings. The topological polar surface area (TPSA) is 49.4 Å². The molecule has 1 unspecified atom stereocenters. The minimum Gasteiger partial charge on any atom is -0.349 e. The molecule has 0 radical (unpaired) electrons. The molecule has 0 heterocycles. The second-order valence-corrected chi connectivity index (χ2v) is 7.41. The summed E-state index contributed by atoms with van der Waals surface area (Å²) in [5.74, 6) is -0.0336. The number of nitrogens with one attached hydrogen (secondary N) is 1. The Morgan fingerprint density at radius 1 is 1.11 bits per heavy atom. The van der Waals surface area contributed by atoms with Crippen molar-refractivity contribution in [3.05, 3.63) is 77.4 Å². The van der Waals surface area contributed by atoms with Crippen molar-refractivity contribution in [1.82, 2.24) is 10.2 Å². The van der Waals surface area contributed by atoms with Gasteiger partial charge in [-0.15, -0.1) is 0 Å². The molecule has 0 spiro atoms. The van der Waals surface area contributed by atoms with Gasteiger partial charge in [0.05, 0.1) is 0 Å². The highest BCUT2D eigenvalue weighted by atomic mass is 16.2. The molecule has 2 aromatic rings.